The number of fused-ring (bicyclic) bond motifs is 1. The van der Waals surface area contributed by atoms with E-state index >= 15 is 0 Å². The van der Waals surface area contributed by atoms with Crippen LogP contribution in [0.15, 0.2) is 36.5 Å². The Labute approximate surface area is 159 Å². The van der Waals surface area contributed by atoms with Gasteiger partial charge >= 0.3 is 0 Å². The molecule has 27 heavy (non-hydrogen) atoms. The molecule has 2 aromatic heterocycles. The quantitative estimate of drug-likeness (QED) is 0.654. The van der Waals surface area contributed by atoms with Gasteiger partial charge in [-0.05, 0) is 56.6 Å². The van der Waals surface area contributed by atoms with Crippen LogP contribution in [0.25, 0.3) is 5.65 Å². The molecule has 2 fully saturated rings. The van der Waals surface area contributed by atoms with Gasteiger partial charge in [-0.2, -0.15) is 0 Å². The monoisotopic (exact) mass is 362 g/mol. The second kappa shape index (κ2) is 6.53. The van der Waals surface area contributed by atoms with Crippen molar-refractivity contribution in [2.45, 2.75) is 56.4 Å². The van der Waals surface area contributed by atoms with E-state index in [-0.39, 0.29) is 0 Å². The summed E-state index contributed by atoms with van der Waals surface area (Å²) in [6.45, 7) is 0. The molecule has 2 saturated carbocycles. The van der Waals surface area contributed by atoms with E-state index in [9.17, 15) is 0 Å². The van der Waals surface area contributed by atoms with Crippen molar-refractivity contribution in [2.75, 3.05) is 11.1 Å². The van der Waals surface area contributed by atoms with E-state index in [0.717, 1.165) is 48.3 Å². The van der Waals surface area contributed by atoms with Gasteiger partial charge < -0.3 is 16.8 Å². The third kappa shape index (κ3) is 3.04. The van der Waals surface area contributed by atoms with Gasteiger partial charge in [-0.3, -0.25) is 0 Å². The SMILES string of the molecule is Nc1nn2c(C3CC3)cnc2c(Nc2ccccc2)c1[C@H]1CC[C@H](N)CC1. The van der Waals surface area contributed by atoms with Crippen LogP contribution in [0.2, 0.25) is 0 Å². The first-order valence-electron chi connectivity index (χ1n) is 9.95. The van der Waals surface area contributed by atoms with Crippen LogP contribution in [-0.2, 0) is 0 Å². The summed E-state index contributed by atoms with van der Waals surface area (Å²) in [5, 5.41) is 8.36. The zero-order valence-corrected chi connectivity index (χ0v) is 15.4. The molecule has 5 N–H and O–H groups in total. The lowest BCUT2D eigenvalue weighted by Crippen LogP contribution is -2.26. The third-order valence-corrected chi connectivity index (χ3v) is 5.96. The molecule has 3 aromatic rings. The number of hydrogen-bond acceptors (Lipinski definition) is 5. The van der Waals surface area contributed by atoms with Crippen LogP contribution >= 0.6 is 0 Å². The Balaban J connectivity index is 1.65. The van der Waals surface area contributed by atoms with E-state index in [2.05, 4.69) is 17.4 Å². The number of imidazole rings is 1. The molecule has 0 spiro atoms. The number of hydrogen-bond donors (Lipinski definition) is 3. The van der Waals surface area contributed by atoms with Crippen molar-refractivity contribution < 1.29 is 0 Å². The van der Waals surface area contributed by atoms with Gasteiger partial charge in [-0.1, -0.05) is 18.2 Å². The molecule has 2 aliphatic rings. The predicted octanol–water partition coefficient (Wildman–Crippen LogP) is 3.92. The average Bonchev–Trinajstić information content (AvgIpc) is 3.44. The first-order valence-corrected chi connectivity index (χ1v) is 9.95. The van der Waals surface area contributed by atoms with Crippen molar-refractivity contribution in [3.05, 3.63) is 47.8 Å². The van der Waals surface area contributed by atoms with Gasteiger partial charge in [0.25, 0.3) is 0 Å². The molecular formula is C21H26N6. The Morgan fingerprint density at radius 1 is 0.963 bits per heavy atom. The van der Waals surface area contributed by atoms with E-state index in [4.69, 9.17) is 21.5 Å². The number of rotatable bonds is 4. The molecule has 0 amide bonds. The fourth-order valence-corrected chi connectivity index (χ4v) is 4.31. The number of para-hydroxylation sites is 1. The molecule has 140 valence electrons. The lowest BCUT2D eigenvalue weighted by molar-refractivity contribution is 0.396. The molecular weight excluding hydrogens is 336 g/mol. The molecule has 1 aromatic carbocycles. The minimum atomic E-state index is 0.303. The van der Waals surface area contributed by atoms with E-state index < -0.39 is 0 Å². The van der Waals surface area contributed by atoms with Crippen LogP contribution < -0.4 is 16.8 Å². The lowest BCUT2D eigenvalue weighted by Gasteiger charge is -2.29. The maximum atomic E-state index is 6.52. The zero-order chi connectivity index (χ0) is 18.4. The number of nitrogen functional groups attached to an aromatic ring is 1. The van der Waals surface area contributed by atoms with Gasteiger partial charge in [0, 0.05) is 23.2 Å². The van der Waals surface area contributed by atoms with E-state index in [0.29, 0.717) is 23.7 Å². The highest BCUT2D eigenvalue weighted by atomic mass is 15.3. The first kappa shape index (κ1) is 16.6. The number of nitrogens with one attached hydrogen (secondary N) is 1. The van der Waals surface area contributed by atoms with Crippen molar-refractivity contribution >= 4 is 22.8 Å². The molecule has 0 unspecified atom stereocenters. The van der Waals surface area contributed by atoms with Gasteiger partial charge in [0.15, 0.2) is 5.65 Å². The van der Waals surface area contributed by atoms with Crippen LogP contribution in [0.4, 0.5) is 17.2 Å². The number of benzene rings is 1. The minimum absolute atomic E-state index is 0.303. The van der Waals surface area contributed by atoms with E-state index in [1.807, 2.05) is 28.9 Å². The maximum Gasteiger partial charge on any atom is 0.178 e. The Kier molecular flexibility index (Phi) is 4.01. The second-order valence-electron chi connectivity index (χ2n) is 7.97. The molecule has 0 atom stereocenters. The number of nitrogens with zero attached hydrogens (tertiary/aromatic N) is 3. The molecule has 2 heterocycles. The number of nitrogens with two attached hydrogens (primary N) is 2. The minimum Gasteiger partial charge on any atom is -0.382 e. The summed E-state index contributed by atoms with van der Waals surface area (Å²) in [5.41, 5.74) is 17.8. The van der Waals surface area contributed by atoms with Gasteiger partial charge in [-0.15, -0.1) is 5.10 Å². The maximum absolute atomic E-state index is 6.52. The predicted molar refractivity (Wildman–Crippen MR) is 108 cm³/mol. The van der Waals surface area contributed by atoms with Crippen molar-refractivity contribution in [1.82, 2.24) is 14.6 Å². The first-order chi connectivity index (χ1) is 13.2. The van der Waals surface area contributed by atoms with Crippen molar-refractivity contribution in [1.29, 1.82) is 0 Å². The fraction of sp³-hybridized carbons (Fsp3) is 0.429. The van der Waals surface area contributed by atoms with E-state index in [1.54, 1.807) is 0 Å². The summed E-state index contributed by atoms with van der Waals surface area (Å²) < 4.78 is 1.95. The second-order valence-corrected chi connectivity index (χ2v) is 7.97. The van der Waals surface area contributed by atoms with Gasteiger partial charge in [0.1, 0.15) is 5.82 Å². The zero-order valence-electron chi connectivity index (χ0n) is 15.4. The third-order valence-electron chi connectivity index (χ3n) is 5.96. The van der Waals surface area contributed by atoms with Gasteiger partial charge in [0.05, 0.1) is 17.6 Å². The smallest absolute Gasteiger partial charge is 0.178 e. The van der Waals surface area contributed by atoms with Gasteiger partial charge in [-0.25, -0.2) is 9.50 Å². The van der Waals surface area contributed by atoms with Crippen molar-refractivity contribution in [2.24, 2.45) is 5.73 Å². The molecule has 6 heteroatoms. The largest absolute Gasteiger partial charge is 0.382 e. The lowest BCUT2D eigenvalue weighted by atomic mass is 9.81. The van der Waals surface area contributed by atoms with Crippen LogP contribution in [0.5, 0.6) is 0 Å². The molecule has 0 bridgehead atoms. The summed E-state index contributed by atoms with van der Waals surface area (Å²) in [7, 11) is 0. The van der Waals surface area contributed by atoms with Crippen molar-refractivity contribution in [3.63, 3.8) is 0 Å². The summed E-state index contributed by atoms with van der Waals surface area (Å²) in [6, 6.07) is 10.5. The summed E-state index contributed by atoms with van der Waals surface area (Å²) >= 11 is 0. The topological polar surface area (TPSA) is 94.3 Å². The Morgan fingerprint density at radius 2 is 1.67 bits per heavy atom. The average molecular weight is 362 g/mol. The number of anilines is 3. The standard InChI is InChI=1S/C21H26N6/c22-15-10-8-14(9-11-15)18-19(25-16-4-2-1-3-5-16)21-24-12-17(13-6-7-13)27(21)26-20(18)23/h1-5,12-15,25H,6-11,22H2,(H2,23,26)/t14-,15-. The Morgan fingerprint density at radius 3 is 2.37 bits per heavy atom. The summed E-state index contributed by atoms with van der Waals surface area (Å²) in [5.74, 6) is 1.55. The van der Waals surface area contributed by atoms with Crippen LogP contribution in [0.3, 0.4) is 0 Å². The van der Waals surface area contributed by atoms with Gasteiger partial charge in [0.2, 0.25) is 0 Å². The molecule has 0 saturated heterocycles. The molecule has 0 radical (unpaired) electrons. The highest BCUT2D eigenvalue weighted by molar-refractivity contribution is 5.81. The van der Waals surface area contributed by atoms with Crippen LogP contribution in [0, 0.1) is 0 Å². The summed E-state index contributed by atoms with van der Waals surface area (Å²) in [4.78, 5) is 4.75. The molecule has 5 rings (SSSR count). The number of aromatic nitrogens is 3. The fourth-order valence-electron chi connectivity index (χ4n) is 4.31. The highest BCUT2D eigenvalue weighted by Crippen LogP contribution is 2.44. The van der Waals surface area contributed by atoms with Crippen LogP contribution in [-0.4, -0.2) is 20.6 Å². The highest BCUT2D eigenvalue weighted by Gasteiger charge is 2.31. The molecule has 6 nitrogen and oxygen atoms in total. The van der Waals surface area contributed by atoms with Crippen LogP contribution in [0.1, 0.15) is 61.6 Å². The Hall–Kier alpha value is -2.60. The normalized spacial score (nSPS) is 22.9. The summed E-state index contributed by atoms with van der Waals surface area (Å²) in [6.07, 6.45) is 8.53. The van der Waals surface area contributed by atoms with E-state index in [1.165, 1.54) is 18.5 Å². The Bertz CT molecular complexity index is 952. The molecule has 2 aliphatic carbocycles. The van der Waals surface area contributed by atoms with Crippen molar-refractivity contribution in [3.8, 4) is 0 Å². The molecule has 0 aliphatic heterocycles.